The van der Waals surface area contributed by atoms with Gasteiger partial charge in [0.15, 0.2) is 0 Å². The highest BCUT2D eigenvalue weighted by Crippen LogP contribution is 2.27. The smallest absolute Gasteiger partial charge is 0.303 e. The molecule has 11 nitrogen and oxygen atoms in total. The molecule has 2 aliphatic heterocycles. The van der Waals surface area contributed by atoms with E-state index in [1.54, 1.807) is 9.80 Å². The summed E-state index contributed by atoms with van der Waals surface area (Å²) >= 11 is 0. The van der Waals surface area contributed by atoms with Crippen molar-refractivity contribution >= 4 is 29.4 Å². The molecule has 1 aromatic carbocycles. The molecule has 35 heavy (non-hydrogen) atoms. The molecule has 0 saturated carbocycles. The number of carbonyl (C=O) groups excluding carboxylic acids is 2. The van der Waals surface area contributed by atoms with Crippen molar-refractivity contribution in [2.45, 2.75) is 51.4 Å². The Morgan fingerprint density at radius 2 is 1.20 bits per heavy atom. The molecule has 3 rings (SSSR count). The first-order valence-electron chi connectivity index (χ1n) is 12.0. The van der Waals surface area contributed by atoms with Crippen molar-refractivity contribution in [2.75, 3.05) is 26.2 Å². The quantitative estimate of drug-likeness (QED) is 0.304. The lowest BCUT2D eigenvalue weighted by molar-refractivity contribution is -0.138. The number of amides is 2. The second-order valence-corrected chi connectivity index (χ2v) is 9.29. The molecule has 1 aromatic rings. The average molecular weight is 486 g/mol. The number of hydrogen-bond donors (Lipinski definition) is 2. The van der Waals surface area contributed by atoms with Crippen molar-refractivity contribution in [1.29, 1.82) is 0 Å². The van der Waals surface area contributed by atoms with E-state index in [0.29, 0.717) is 39.0 Å². The normalized spacial score (nSPS) is 17.0. The van der Waals surface area contributed by atoms with E-state index in [2.05, 4.69) is 10.0 Å². The van der Waals surface area contributed by atoms with Crippen LogP contribution in [0.25, 0.3) is 10.4 Å². The van der Waals surface area contributed by atoms with Crippen molar-refractivity contribution < 1.29 is 29.4 Å². The van der Waals surface area contributed by atoms with Crippen molar-refractivity contribution in [1.82, 2.24) is 9.80 Å². The zero-order valence-corrected chi connectivity index (χ0v) is 19.6. The van der Waals surface area contributed by atoms with Crippen LogP contribution in [0.15, 0.2) is 23.3 Å². The number of piperidine rings is 2. The van der Waals surface area contributed by atoms with Crippen LogP contribution in [0.5, 0.6) is 0 Å². The predicted octanol–water partition coefficient (Wildman–Crippen LogP) is 4.06. The van der Waals surface area contributed by atoms with Gasteiger partial charge in [-0.3, -0.25) is 19.2 Å². The summed E-state index contributed by atoms with van der Waals surface area (Å²) in [7, 11) is 0. The van der Waals surface area contributed by atoms with Crippen molar-refractivity contribution in [2.24, 2.45) is 17.0 Å². The molecule has 0 aromatic heterocycles. The molecule has 2 saturated heterocycles. The minimum absolute atomic E-state index is 0.120. The monoisotopic (exact) mass is 485 g/mol. The molecule has 0 spiro atoms. The fraction of sp³-hybridized carbons (Fsp3) is 0.583. The van der Waals surface area contributed by atoms with Gasteiger partial charge in [-0.1, -0.05) is 5.11 Å². The molecule has 188 valence electrons. The lowest BCUT2D eigenvalue weighted by Gasteiger charge is -2.33. The molecule has 2 heterocycles. The summed E-state index contributed by atoms with van der Waals surface area (Å²) in [6.07, 6.45) is 4.31. The zero-order valence-electron chi connectivity index (χ0n) is 19.6. The molecule has 0 bridgehead atoms. The third kappa shape index (κ3) is 7.45. The molecule has 0 radical (unpaired) electrons. The molecular weight excluding hydrogens is 454 g/mol. The standard InChI is InChI=1S/C24H31N5O6/c25-27-26-20-14-18(23(34)28-9-5-16(6-10-28)1-3-21(30)31)13-19(15-20)24(35)29-11-7-17(8-12-29)2-4-22(32)33/h13-17H,1-12H2,(H,30,31)(H,32,33). The first kappa shape index (κ1) is 26.0. The second kappa shape index (κ2) is 12.2. The number of azide groups is 1. The lowest BCUT2D eigenvalue weighted by Crippen LogP contribution is -2.39. The summed E-state index contributed by atoms with van der Waals surface area (Å²) in [5, 5.41) is 21.4. The molecule has 11 heteroatoms. The van der Waals surface area contributed by atoms with Gasteiger partial charge in [-0.05, 0) is 74.1 Å². The first-order valence-corrected chi connectivity index (χ1v) is 12.0. The van der Waals surface area contributed by atoms with Gasteiger partial charge < -0.3 is 20.0 Å². The number of rotatable bonds is 9. The number of likely N-dealkylation sites (tertiary alicyclic amines) is 2. The summed E-state index contributed by atoms with van der Waals surface area (Å²) in [6, 6.07) is 4.50. The molecule has 2 amide bonds. The van der Waals surface area contributed by atoms with E-state index in [-0.39, 0.29) is 53.3 Å². The number of nitrogens with zero attached hydrogens (tertiary/aromatic N) is 5. The van der Waals surface area contributed by atoms with E-state index in [1.165, 1.54) is 18.2 Å². The van der Waals surface area contributed by atoms with Crippen LogP contribution in [0, 0.1) is 11.8 Å². The molecule has 2 fully saturated rings. The lowest BCUT2D eigenvalue weighted by atomic mass is 9.91. The summed E-state index contributed by atoms with van der Waals surface area (Å²) in [6.45, 7) is 2.01. The maximum Gasteiger partial charge on any atom is 0.303 e. The zero-order chi connectivity index (χ0) is 25.4. The van der Waals surface area contributed by atoms with Crippen LogP contribution in [-0.2, 0) is 9.59 Å². The van der Waals surface area contributed by atoms with Gasteiger partial charge in [0.25, 0.3) is 11.8 Å². The van der Waals surface area contributed by atoms with Gasteiger partial charge in [0.05, 0.1) is 0 Å². The number of hydrogen-bond acceptors (Lipinski definition) is 5. The van der Waals surface area contributed by atoms with Crippen LogP contribution >= 0.6 is 0 Å². The highest BCUT2D eigenvalue weighted by Gasteiger charge is 2.27. The average Bonchev–Trinajstić information content (AvgIpc) is 2.86. The van der Waals surface area contributed by atoms with Crippen molar-refractivity contribution in [3.63, 3.8) is 0 Å². The van der Waals surface area contributed by atoms with Gasteiger partial charge >= 0.3 is 11.9 Å². The largest absolute Gasteiger partial charge is 0.481 e. The minimum Gasteiger partial charge on any atom is -0.481 e. The highest BCUT2D eigenvalue weighted by molar-refractivity contribution is 6.01. The van der Waals surface area contributed by atoms with Crippen molar-refractivity contribution in [3.05, 3.63) is 39.8 Å². The van der Waals surface area contributed by atoms with Crippen molar-refractivity contribution in [3.8, 4) is 0 Å². The summed E-state index contributed by atoms with van der Waals surface area (Å²) < 4.78 is 0. The van der Waals surface area contributed by atoms with E-state index >= 15 is 0 Å². The first-order chi connectivity index (χ1) is 16.8. The van der Waals surface area contributed by atoms with Crippen LogP contribution in [0.2, 0.25) is 0 Å². The number of carboxylic acids is 2. The third-order valence-corrected chi connectivity index (χ3v) is 6.91. The van der Waals surface area contributed by atoms with Crippen LogP contribution in [-0.4, -0.2) is 69.9 Å². The van der Waals surface area contributed by atoms with Crippen LogP contribution in [0.1, 0.15) is 72.1 Å². The van der Waals surface area contributed by atoms with E-state index < -0.39 is 11.9 Å². The predicted molar refractivity (Wildman–Crippen MR) is 126 cm³/mol. The van der Waals surface area contributed by atoms with E-state index in [1.807, 2.05) is 0 Å². The van der Waals surface area contributed by atoms with Gasteiger partial charge in [0, 0.05) is 60.7 Å². The van der Waals surface area contributed by atoms with Gasteiger partial charge in [-0.25, -0.2) is 0 Å². The number of aliphatic carboxylic acids is 2. The Labute approximate surface area is 203 Å². The van der Waals surface area contributed by atoms with E-state index in [9.17, 15) is 19.2 Å². The molecule has 0 atom stereocenters. The van der Waals surface area contributed by atoms with Gasteiger partial charge in [0.2, 0.25) is 0 Å². The fourth-order valence-electron chi connectivity index (χ4n) is 4.84. The van der Waals surface area contributed by atoms with E-state index in [0.717, 1.165) is 25.7 Å². The molecular formula is C24H31N5O6. The Hall–Kier alpha value is -3.59. The highest BCUT2D eigenvalue weighted by atomic mass is 16.4. The van der Waals surface area contributed by atoms with E-state index in [4.69, 9.17) is 15.7 Å². The maximum atomic E-state index is 13.2. The van der Waals surface area contributed by atoms with Crippen LogP contribution < -0.4 is 0 Å². The Kier molecular flexibility index (Phi) is 9.08. The SMILES string of the molecule is [N-]=[N+]=Nc1cc(C(=O)N2CCC(CCC(=O)O)CC2)cc(C(=O)N2CCC(CCC(=O)O)CC2)c1. The fourth-order valence-corrected chi connectivity index (χ4v) is 4.84. The van der Waals surface area contributed by atoms with Gasteiger partial charge in [0.1, 0.15) is 0 Å². The van der Waals surface area contributed by atoms with Gasteiger partial charge in [-0.15, -0.1) is 0 Å². The summed E-state index contributed by atoms with van der Waals surface area (Å²) in [4.78, 5) is 54.1. The Balaban J connectivity index is 1.67. The number of benzene rings is 1. The van der Waals surface area contributed by atoms with Crippen LogP contribution in [0.3, 0.4) is 0 Å². The summed E-state index contributed by atoms with van der Waals surface area (Å²) in [5.74, 6) is -1.61. The number of carbonyl (C=O) groups is 4. The maximum absolute atomic E-state index is 13.2. The van der Waals surface area contributed by atoms with Crippen LogP contribution in [0.4, 0.5) is 5.69 Å². The molecule has 0 unspecified atom stereocenters. The molecule has 0 aliphatic carbocycles. The minimum atomic E-state index is -0.819. The second-order valence-electron chi connectivity index (χ2n) is 9.29. The Morgan fingerprint density at radius 3 is 1.54 bits per heavy atom. The molecule has 2 aliphatic rings. The third-order valence-electron chi connectivity index (χ3n) is 6.91. The number of carboxylic acid groups (broad SMARTS) is 2. The van der Waals surface area contributed by atoms with Gasteiger partial charge in [-0.2, -0.15) is 0 Å². The summed E-state index contributed by atoms with van der Waals surface area (Å²) in [5.41, 5.74) is 9.64. The molecule has 2 N–H and O–H groups in total. The Bertz CT molecular complexity index is 937. The Morgan fingerprint density at radius 1 is 0.800 bits per heavy atom. The topological polar surface area (TPSA) is 164 Å².